The highest BCUT2D eigenvalue weighted by Crippen LogP contribution is 2.23. The molecule has 1 N–H and O–H groups in total. The Labute approximate surface area is 92.3 Å². The molecule has 0 saturated carbocycles. The Kier molecular flexibility index (Phi) is 3.95. The predicted molar refractivity (Wildman–Crippen MR) is 62.1 cm³/mol. The van der Waals surface area contributed by atoms with Gasteiger partial charge in [-0.05, 0) is 13.0 Å². The van der Waals surface area contributed by atoms with E-state index in [1.807, 2.05) is 13.0 Å². The van der Waals surface area contributed by atoms with Gasteiger partial charge in [0.15, 0.2) is 5.75 Å². The van der Waals surface area contributed by atoms with Crippen LogP contribution in [0.3, 0.4) is 0 Å². The van der Waals surface area contributed by atoms with E-state index in [0.717, 1.165) is 21.6 Å². The lowest BCUT2D eigenvalue weighted by Crippen LogP contribution is -2.03. The number of methoxy groups -OCH3 is 1. The molecular weight excluding hydrogens is 244 g/mol. The maximum Gasteiger partial charge on any atom is 0.160 e. The van der Waals surface area contributed by atoms with Crippen molar-refractivity contribution in [1.82, 2.24) is 4.98 Å². The van der Waals surface area contributed by atoms with Crippen molar-refractivity contribution < 1.29 is 4.74 Å². The van der Waals surface area contributed by atoms with Gasteiger partial charge in [-0.1, -0.05) is 22.5 Å². The van der Waals surface area contributed by atoms with Gasteiger partial charge in [0.1, 0.15) is 0 Å². The monoisotopic (exact) mass is 256 g/mol. The van der Waals surface area contributed by atoms with Gasteiger partial charge in [-0.3, -0.25) is 4.98 Å². The van der Waals surface area contributed by atoms with Gasteiger partial charge in [-0.2, -0.15) is 0 Å². The van der Waals surface area contributed by atoms with Crippen molar-refractivity contribution in [2.75, 3.05) is 19.0 Å². The molecule has 76 valence electrons. The van der Waals surface area contributed by atoms with Gasteiger partial charge in [0.2, 0.25) is 0 Å². The van der Waals surface area contributed by atoms with Crippen LogP contribution in [0.1, 0.15) is 5.69 Å². The van der Waals surface area contributed by atoms with Gasteiger partial charge >= 0.3 is 0 Å². The summed E-state index contributed by atoms with van der Waals surface area (Å²) >= 11 is 3.28. The van der Waals surface area contributed by atoms with Gasteiger partial charge in [0.05, 0.1) is 19.0 Å². The molecule has 0 radical (unpaired) electrons. The quantitative estimate of drug-likeness (QED) is 0.900. The molecule has 1 rings (SSSR count). The number of hydrogen-bond acceptors (Lipinski definition) is 3. The molecule has 4 heteroatoms. The van der Waals surface area contributed by atoms with Crippen LogP contribution >= 0.6 is 15.9 Å². The zero-order valence-electron chi connectivity index (χ0n) is 8.30. The second-order valence-electron chi connectivity index (χ2n) is 2.90. The highest BCUT2D eigenvalue weighted by atomic mass is 79.9. The lowest BCUT2D eigenvalue weighted by atomic mass is 10.3. The molecule has 0 unspecified atom stereocenters. The zero-order chi connectivity index (χ0) is 10.6. The molecule has 0 aliphatic heterocycles. The standard InChI is InChI=1S/C10H13BrN2O/c1-7(11)5-13-9-4-8(2)12-6-10(9)14-3/h4,6H,1,5H2,2-3H3,(H,12,13). The molecule has 0 fully saturated rings. The van der Waals surface area contributed by atoms with Crippen LogP contribution in [-0.4, -0.2) is 18.6 Å². The zero-order valence-corrected chi connectivity index (χ0v) is 9.89. The summed E-state index contributed by atoms with van der Waals surface area (Å²) in [7, 11) is 1.63. The summed E-state index contributed by atoms with van der Waals surface area (Å²) in [5, 5.41) is 3.19. The lowest BCUT2D eigenvalue weighted by Gasteiger charge is -2.10. The Morgan fingerprint density at radius 2 is 2.43 bits per heavy atom. The van der Waals surface area contributed by atoms with E-state index in [-0.39, 0.29) is 0 Å². The minimum atomic E-state index is 0.666. The molecule has 3 nitrogen and oxygen atoms in total. The van der Waals surface area contributed by atoms with E-state index in [1.54, 1.807) is 13.3 Å². The molecule has 0 atom stereocenters. The third-order valence-electron chi connectivity index (χ3n) is 1.69. The highest BCUT2D eigenvalue weighted by Gasteiger charge is 2.02. The SMILES string of the molecule is C=C(Br)CNc1cc(C)ncc1OC. The van der Waals surface area contributed by atoms with E-state index in [0.29, 0.717) is 6.54 Å². The number of pyridine rings is 1. The van der Waals surface area contributed by atoms with Crippen LogP contribution in [0.2, 0.25) is 0 Å². The Morgan fingerprint density at radius 1 is 1.71 bits per heavy atom. The van der Waals surface area contributed by atoms with E-state index >= 15 is 0 Å². The average Bonchev–Trinajstić information content (AvgIpc) is 2.15. The summed E-state index contributed by atoms with van der Waals surface area (Å²) in [6, 6.07) is 1.94. The number of halogens is 1. The second kappa shape index (κ2) is 5.00. The third kappa shape index (κ3) is 3.03. The number of hydrogen-bond donors (Lipinski definition) is 1. The lowest BCUT2D eigenvalue weighted by molar-refractivity contribution is 0.414. The molecule has 0 saturated heterocycles. The van der Waals surface area contributed by atoms with Crippen LogP contribution in [0.25, 0.3) is 0 Å². The van der Waals surface area contributed by atoms with Crippen molar-refractivity contribution in [2.24, 2.45) is 0 Å². The van der Waals surface area contributed by atoms with Crippen molar-refractivity contribution in [3.05, 3.63) is 29.0 Å². The number of anilines is 1. The third-order valence-corrected chi connectivity index (χ3v) is 1.98. The van der Waals surface area contributed by atoms with Crippen molar-refractivity contribution >= 4 is 21.6 Å². The number of rotatable bonds is 4. The molecule has 0 aromatic carbocycles. The summed E-state index contributed by atoms with van der Waals surface area (Å²) in [5.74, 6) is 0.740. The fraction of sp³-hybridized carbons (Fsp3) is 0.300. The molecule has 0 amide bonds. The molecule has 0 spiro atoms. The van der Waals surface area contributed by atoms with Crippen LogP contribution in [0.4, 0.5) is 5.69 Å². The van der Waals surface area contributed by atoms with E-state index < -0.39 is 0 Å². The van der Waals surface area contributed by atoms with Crippen LogP contribution in [0, 0.1) is 6.92 Å². The van der Waals surface area contributed by atoms with E-state index in [1.165, 1.54) is 0 Å². The largest absolute Gasteiger partial charge is 0.493 e. The molecular formula is C10H13BrN2O. The van der Waals surface area contributed by atoms with Gasteiger partial charge in [-0.25, -0.2) is 0 Å². The average molecular weight is 257 g/mol. The summed E-state index contributed by atoms with van der Waals surface area (Å²) in [4.78, 5) is 4.14. The minimum Gasteiger partial charge on any atom is -0.493 e. The molecule has 0 aliphatic rings. The van der Waals surface area contributed by atoms with Crippen molar-refractivity contribution in [3.63, 3.8) is 0 Å². The van der Waals surface area contributed by atoms with Crippen LogP contribution < -0.4 is 10.1 Å². The Balaban J connectivity index is 2.82. The smallest absolute Gasteiger partial charge is 0.160 e. The fourth-order valence-electron chi connectivity index (χ4n) is 1.04. The maximum absolute atomic E-state index is 5.16. The predicted octanol–water partition coefficient (Wildman–Crippen LogP) is 2.72. The molecule has 14 heavy (non-hydrogen) atoms. The van der Waals surface area contributed by atoms with Crippen LogP contribution in [0.15, 0.2) is 23.3 Å². The Morgan fingerprint density at radius 3 is 3.00 bits per heavy atom. The first-order valence-electron chi connectivity index (χ1n) is 4.21. The normalized spacial score (nSPS) is 9.64. The van der Waals surface area contributed by atoms with Crippen LogP contribution in [0.5, 0.6) is 5.75 Å². The maximum atomic E-state index is 5.16. The highest BCUT2D eigenvalue weighted by molar-refractivity contribution is 9.11. The first-order valence-corrected chi connectivity index (χ1v) is 5.00. The number of aromatic nitrogens is 1. The first-order chi connectivity index (χ1) is 6.63. The molecule has 1 heterocycles. The summed E-state index contributed by atoms with van der Waals surface area (Å²) in [5.41, 5.74) is 1.88. The Hall–Kier alpha value is -1.03. The van der Waals surface area contributed by atoms with Crippen molar-refractivity contribution in [2.45, 2.75) is 6.92 Å². The summed E-state index contributed by atoms with van der Waals surface area (Å²) in [6.45, 7) is 6.35. The van der Waals surface area contributed by atoms with Crippen molar-refractivity contribution in [3.8, 4) is 5.75 Å². The topological polar surface area (TPSA) is 34.2 Å². The summed E-state index contributed by atoms with van der Waals surface area (Å²) in [6.07, 6.45) is 1.70. The molecule has 1 aromatic rings. The number of nitrogens with one attached hydrogen (secondary N) is 1. The van der Waals surface area contributed by atoms with Gasteiger partial charge in [0.25, 0.3) is 0 Å². The van der Waals surface area contributed by atoms with Gasteiger partial charge < -0.3 is 10.1 Å². The molecule has 0 bridgehead atoms. The minimum absolute atomic E-state index is 0.666. The van der Waals surface area contributed by atoms with Crippen molar-refractivity contribution in [1.29, 1.82) is 0 Å². The fourth-order valence-corrected chi connectivity index (χ4v) is 1.18. The number of ether oxygens (including phenoxy) is 1. The second-order valence-corrected chi connectivity index (χ2v) is 4.02. The number of aryl methyl sites for hydroxylation is 1. The van der Waals surface area contributed by atoms with Crippen LogP contribution in [-0.2, 0) is 0 Å². The van der Waals surface area contributed by atoms with E-state index in [9.17, 15) is 0 Å². The first kappa shape index (κ1) is 11.0. The molecule has 0 aliphatic carbocycles. The van der Waals surface area contributed by atoms with Gasteiger partial charge in [0, 0.05) is 16.7 Å². The molecule has 1 aromatic heterocycles. The van der Waals surface area contributed by atoms with Gasteiger partial charge in [-0.15, -0.1) is 0 Å². The Bertz CT molecular complexity index is 339. The number of nitrogens with zero attached hydrogens (tertiary/aromatic N) is 1. The van der Waals surface area contributed by atoms with E-state index in [2.05, 4.69) is 32.8 Å². The summed E-state index contributed by atoms with van der Waals surface area (Å²) < 4.78 is 6.06. The van der Waals surface area contributed by atoms with E-state index in [4.69, 9.17) is 4.74 Å².